The van der Waals surface area contributed by atoms with Gasteiger partial charge in [0.15, 0.2) is 0 Å². The molecule has 72 valence electrons. The van der Waals surface area contributed by atoms with Gasteiger partial charge in [-0.2, -0.15) is 0 Å². The van der Waals surface area contributed by atoms with Gasteiger partial charge in [0, 0.05) is 11.9 Å². The standard InChI is InChI=1S/C11H17NO/c1-8-10(11(2,3)4)9(7-13)5-6-12-8/h5-6,12-13H,1,7H2,2-4H3. The van der Waals surface area contributed by atoms with E-state index in [0.717, 1.165) is 16.8 Å². The molecule has 2 nitrogen and oxygen atoms in total. The summed E-state index contributed by atoms with van der Waals surface area (Å²) in [6.07, 6.45) is 3.71. The van der Waals surface area contributed by atoms with E-state index in [2.05, 4.69) is 32.7 Å². The molecule has 1 aliphatic heterocycles. The van der Waals surface area contributed by atoms with Crippen molar-refractivity contribution in [3.05, 3.63) is 35.7 Å². The van der Waals surface area contributed by atoms with Gasteiger partial charge in [0.1, 0.15) is 0 Å². The Kier molecular flexibility index (Phi) is 2.62. The molecule has 0 saturated carbocycles. The largest absolute Gasteiger partial charge is 0.392 e. The minimum Gasteiger partial charge on any atom is -0.392 e. The fourth-order valence-electron chi connectivity index (χ4n) is 1.66. The topological polar surface area (TPSA) is 32.3 Å². The Bertz CT molecular complexity index is 279. The third-order valence-electron chi connectivity index (χ3n) is 2.09. The number of aliphatic hydroxyl groups excluding tert-OH is 1. The van der Waals surface area contributed by atoms with Crippen LogP contribution in [0.5, 0.6) is 0 Å². The quantitative estimate of drug-likeness (QED) is 0.645. The molecule has 0 radical (unpaired) electrons. The van der Waals surface area contributed by atoms with E-state index in [1.807, 2.05) is 12.3 Å². The van der Waals surface area contributed by atoms with Crippen LogP contribution in [0.2, 0.25) is 0 Å². The second kappa shape index (κ2) is 3.38. The van der Waals surface area contributed by atoms with Crippen molar-refractivity contribution >= 4 is 0 Å². The van der Waals surface area contributed by atoms with Gasteiger partial charge in [-0.05, 0) is 22.6 Å². The van der Waals surface area contributed by atoms with Gasteiger partial charge in [0.2, 0.25) is 0 Å². The van der Waals surface area contributed by atoms with E-state index < -0.39 is 0 Å². The molecule has 0 amide bonds. The summed E-state index contributed by atoms with van der Waals surface area (Å²) >= 11 is 0. The van der Waals surface area contributed by atoms with Crippen molar-refractivity contribution in [3.8, 4) is 0 Å². The molecular weight excluding hydrogens is 162 g/mol. The maximum absolute atomic E-state index is 9.16. The Morgan fingerprint density at radius 2 is 2.08 bits per heavy atom. The van der Waals surface area contributed by atoms with Gasteiger partial charge in [0.05, 0.1) is 6.61 Å². The van der Waals surface area contributed by atoms with Crippen LogP contribution in [0, 0.1) is 5.41 Å². The Hall–Kier alpha value is -1.02. The number of hydrogen-bond donors (Lipinski definition) is 2. The fraction of sp³-hybridized carbons (Fsp3) is 0.455. The SMILES string of the molecule is C=C1NC=CC(CO)=C1C(C)(C)C. The highest BCUT2D eigenvalue weighted by Crippen LogP contribution is 2.33. The molecule has 1 rings (SSSR count). The van der Waals surface area contributed by atoms with Gasteiger partial charge in [-0.25, -0.2) is 0 Å². The summed E-state index contributed by atoms with van der Waals surface area (Å²) < 4.78 is 0. The predicted octanol–water partition coefficient (Wildman–Crippen LogP) is 1.95. The lowest BCUT2D eigenvalue weighted by Crippen LogP contribution is -2.23. The van der Waals surface area contributed by atoms with Crippen molar-refractivity contribution < 1.29 is 5.11 Å². The second-order valence-corrected chi connectivity index (χ2v) is 4.26. The van der Waals surface area contributed by atoms with E-state index in [4.69, 9.17) is 5.11 Å². The summed E-state index contributed by atoms with van der Waals surface area (Å²) in [6.45, 7) is 10.3. The number of rotatable bonds is 1. The molecule has 1 aliphatic rings. The molecule has 1 heterocycles. The van der Waals surface area contributed by atoms with Crippen molar-refractivity contribution in [2.75, 3.05) is 6.61 Å². The summed E-state index contributed by atoms with van der Waals surface area (Å²) in [7, 11) is 0. The molecule has 0 bridgehead atoms. The molecule has 0 unspecified atom stereocenters. The lowest BCUT2D eigenvalue weighted by molar-refractivity contribution is 0.329. The number of nitrogens with one attached hydrogen (secondary N) is 1. The monoisotopic (exact) mass is 179 g/mol. The van der Waals surface area contributed by atoms with Gasteiger partial charge < -0.3 is 10.4 Å². The molecular formula is C11H17NO. The van der Waals surface area contributed by atoms with Gasteiger partial charge in [-0.3, -0.25) is 0 Å². The van der Waals surface area contributed by atoms with Crippen molar-refractivity contribution in [1.29, 1.82) is 0 Å². The lowest BCUT2D eigenvalue weighted by atomic mass is 9.80. The molecule has 0 aromatic carbocycles. The Morgan fingerprint density at radius 1 is 1.46 bits per heavy atom. The second-order valence-electron chi connectivity index (χ2n) is 4.26. The van der Waals surface area contributed by atoms with Crippen molar-refractivity contribution in [1.82, 2.24) is 5.32 Å². The van der Waals surface area contributed by atoms with E-state index in [0.29, 0.717) is 0 Å². The van der Waals surface area contributed by atoms with E-state index in [-0.39, 0.29) is 12.0 Å². The average molecular weight is 179 g/mol. The van der Waals surface area contributed by atoms with E-state index in [1.54, 1.807) is 0 Å². The van der Waals surface area contributed by atoms with Crippen molar-refractivity contribution in [2.45, 2.75) is 20.8 Å². The zero-order chi connectivity index (χ0) is 10.1. The van der Waals surface area contributed by atoms with E-state index >= 15 is 0 Å². The van der Waals surface area contributed by atoms with Gasteiger partial charge in [-0.15, -0.1) is 0 Å². The van der Waals surface area contributed by atoms with Crippen LogP contribution in [-0.4, -0.2) is 11.7 Å². The van der Waals surface area contributed by atoms with Crippen molar-refractivity contribution in [3.63, 3.8) is 0 Å². The first-order valence-electron chi connectivity index (χ1n) is 4.43. The predicted molar refractivity (Wildman–Crippen MR) is 55.0 cm³/mol. The first-order valence-corrected chi connectivity index (χ1v) is 4.43. The van der Waals surface area contributed by atoms with E-state index in [1.165, 1.54) is 0 Å². The molecule has 0 spiro atoms. The smallest absolute Gasteiger partial charge is 0.0686 e. The highest BCUT2D eigenvalue weighted by atomic mass is 16.3. The van der Waals surface area contributed by atoms with Crippen LogP contribution in [-0.2, 0) is 0 Å². The molecule has 0 aromatic rings. The highest BCUT2D eigenvalue weighted by molar-refractivity contribution is 5.45. The minimum atomic E-state index is 0.0207. The van der Waals surface area contributed by atoms with Crippen LogP contribution in [0.1, 0.15) is 20.8 Å². The van der Waals surface area contributed by atoms with Crippen LogP contribution in [0.3, 0.4) is 0 Å². The maximum atomic E-state index is 9.16. The molecule has 2 heteroatoms. The number of aliphatic hydroxyl groups is 1. The molecule has 0 aliphatic carbocycles. The fourth-order valence-corrected chi connectivity index (χ4v) is 1.66. The molecule has 0 aromatic heterocycles. The summed E-state index contributed by atoms with van der Waals surface area (Å²) in [5, 5.41) is 12.2. The zero-order valence-corrected chi connectivity index (χ0v) is 8.52. The number of allylic oxidation sites excluding steroid dienone is 1. The third kappa shape index (κ3) is 2.01. The molecule has 13 heavy (non-hydrogen) atoms. The Labute approximate surface area is 79.7 Å². The first-order chi connectivity index (χ1) is 5.96. The Morgan fingerprint density at radius 3 is 2.46 bits per heavy atom. The summed E-state index contributed by atoms with van der Waals surface area (Å²) in [4.78, 5) is 0. The zero-order valence-electron chi connectivity index (χ0n) is 8.52. The molecule has 0 fully saturated rings. The molecule has 2 N–H and O–H groups in total. The molecule has 0 saturated heterocycles. The lowest BCUT2D eigenvalue weighted by Gasteiger charge is -2.29. The summed E-state index contributed by atoms with van der Waals surface area (Å²) in [5.41, 5.74) is 2.97. The van der Waals surface area contributed by atoms with Crippen LogP contribution < -0.4 is 5.32 Å². The van der Waals surface area contributed by atoms with Crippen molar-refractivity contribution in [2.24, 2.45) is 5.41 Å². The minimum absolute atomic E-state index is 0.0207. The first kappa shape index (κ1) is 10.1. The van der Waals surface area contributed by atoms with Crippen LogP contribution in [0.25, 0.3) is 0 Å². The maximum Gasteiger partial charge on any atom is 0.0686 e. The highest BCUT2D eigenvalue weighted by Gasteiger charge is 2.23. The van der Waals surface area contributed by atoms with Crippen LogP contribution >= 0.6 is 0 Å². The summed E-state index contributed by atoms with van der Waals surface area (Å²) in [6, 6.07) is 0. The summed E-state index contributed by atoms with van der Waals surface area (Å²) in [5.74, 6) is 0. The third-order valence-corrected chi connectivity index (χ3v) is 2.09. The van der Waals surface area contributed by atoms with E-state index in [9.17, 15) is 0 Å². The normalized spacial score (nSPS) is 17.7. The average Bonchev–Trinajstić information content (AvgIpc) is 2.01. The number of hydrogen-bond acceptors (Lipinski definition) is 2. The Balaban J connectivity index is 3.17. The van der Waals surface area contributed by atoms with Gasteiger partial charge in [0.25, 0.3) is 0 Å². The molecule has 0 atom stereocenters. The number of dihydropyridines is 1. The van der Waals surface area contributed by atoms with Crippen LogP contribution in [0.15, 0.2) is 35.7 Å². The van der Waals surface area contributed by atoms with Gasteiger partial charge >= 0.3 is 0 Å². The van der Waals surface area contributed by atoms with Gasteiger partial charge in [-0.1, -0.05) is 27.4 Å². The van der Waals surface area contributed by atoms with Crippen LogP contribution in [0.4, 0.5) is 0 Å².